The van der Waals surface area contributed by atoms with Crippen molar-refractivity contribution in [3.8, 4) is 11.5 Å². The number of benzene rings is 4. The molecule has 0 bridgehead atoms. The minimum absolute atomic E-state index is 0.0141. The summed E-state index contributed by atoms with van der Waals surface area (Å²) in [6.07, 6.45) is 2.25. The van der Waals surface area contributed by atoms with Crippen LogP contribution in [-0.4, -0.2) is 29.7 Å². The van der Waals surface area contributed by atoms with Gasteiger partial charge < -0.3 is 14.7 Å². The number of rotatable bonds is 8. The molecule has 180 valence electrons. The number of phenols is 1. The maximum absolute atomic E-state index is 13.0. The van der Waals surface area contributed by atoms with Crippen molar-refractivity contribution in [2.24, 2.45) is 5.10 Å². The molecule has 1 aliphatic rings. The molecule has 0 aromatic heterocycles. The van der Waals surface area contributed by atoms with E-state index in [1.54, 1.807) is 29.2 Å². The van der Waals surface area contributed by atoms with Crippen molar-refractivity contribution in [1.82, 2.24) is 5.43 Å². The minimum atomic E-state index is -0.380. The molecule has 1 heterocycles. The summed E-state index contributed by atoms with van der Waals surface area (Å²) in [6.45, 7) is 2.98. The third-order valence-corrected chi connectivity index (χ3v) is 6.05. The predicted octanol–water partition coefficient (Wildman–Crippen LogP) is 5.26. The van der Waals surface area contributed by atoms with Crippen LogP contribution in [0.3, 0.4) is 0 Å². The molecule has 0 unspecified atom stereocenters. The molecule has 36 heavy (non-hydrogen) atoms. The predicted molar refractivity (Wildman–Crippen MR) is 140 cm³/mol. The van der Waals surface area contributed by atoms with Gasteiger partial charge in [0.05, 0.1) is 25.1 Å². The lowest BCUT2D eigenvalue weighted by molar-refractivity contribution is 0.0953. The van der Waals surface area contributed by atoms with Crippen LogP contribution in [-0.2, 0) is 6.54 Å². The maximum Gasteiger partial charge on any atom is 0.271 e. The highest BCUT2D eigenvalue weighted by atomic mass is 16.5. The van der Waals surface area contributed by atoms with Crippen LogP contribution in [0.15, 0.2) is 84.0 Å². The Bertz CT molecular complexity index is 1470. The van der Waals surface area contributed by atoms with E-state index in [-0.39, 0.29) is 17.6 Å². The molecule has 4 aromatic rings. The highest BCUT2D eigenvalue weighted by molar-refractivity contribution is 6.24. The quantitative estimate of drug-likeness (QED) is 0.266. The lowest BCUT2D eigenvalue weighted by Crippen LogP contribution is -2.26. The Hall–Kier alpha value is -4.65. The second-order valence-corrected chi connectivity index (χ2v) is 8.54. The molecular formula is C29H25N3O4. The van der Waals surface area contributed by atoms with Gasteiger partial charge in [-0.2, -0.15) is 5.10 Å². The molecule has 0 atom stereocenters. The Morgan fingerprint density at radius 3 is 2.58 bits per heavy atom. The SMILES string of the molecule is CCCOc1ccc(C=NNC(=O)c2ccc(CN3C(=O)c4cccc5cccc3c45)cc2)c(O)c1. The highest BCUT2D eigenvalue weighted by Gasteiger charge is 2.29. The average Bonchev–Trinajstić information content (AvgIpc) is 3.17. The monoisotopic (exact) mass is 479 g/mol. The molecule has 5 rings (SSSR count). The molecule has 7 heteroatoms. The van der Waals surface area contributed by atoms with Gasteiger partial charge in [-0.25, -0.2) is 5.43 Å². The number of amides is 2. The summed E-state index contributed by atoms with van der Waals surface area (Å²) in [7, 11) is 0. The van der Waals surface area contributed by atoms with Gasteiger partial charge in [-0.1, -0.05) is 43.3 Å². The Balaban J connectivity index is 1.22. The van der Waals surface area contributed by atoms with Gasteiger partial charge in [0.1, 0.15) is 11.5 Å². The number of hydrogen-bond acceptors (Lipinski definition) is 5. The van der Waals surface area contributed by atoms with Gasteiger partial charge in [-0.3, -0.25) is 9.59 Å². The zero-order valence-corrected chi connectivity index (χ0v) is 19.8. The minimum Gasteiger partial charge on any atom is -0.507 e. The summed E-state index contributed by atoms with van der Waals surface area (Å²) in [5.41, 5.74) is 5.88. The molecule has 0 aliphatic carbocycles. The maximum atomic E-state index is 13.0. The lowest BCUT2D eigenvalue weighted by atomic mass is 10.1. The second-order valence-electron chi connectivity index (χ2n) is 8.54. The summed E-state index contributed by atoms with van der Waals surface area (Å²) in [4.78, 5) is 27.3. The largest absolute Gasteiger partial charge is 0.507 e. The first kappa shape index (κ1) is 23.1. The number of nitrogens with one attached hydrogen (secondary N) is 1. The number of ether oxygens (including phenoxy) is 1. The zero-order valence-electron chi connectivity index (χ0n) is 19.8. The van der Waals surface area contributed by atoms with Crippen LogP contribution in [0.5, 0.6) is 11.5 Å². The van der Waals surface area contributed by atoms with Crippen LogP contribution >= 0.6 is 0 Å². The first-order chi connectivity index (χ1) is 17.5. The van der Waals surface area contributed by atoms with Crippen LogP contribution in [0.1, 0.15) is 45.2 Å². The zero-order chi connectivity index (χ0) is 25.1. The van der Waals surface area contributed by atoms with Gasteiger partial charge in [0.15, 0.2) is 0 Å². The summed E-state index contributed by atoms with van der Waals surface area (Å²) in [6, 6.07) is 23.7. The topological polar surface area (TPSA) is 91.2 Å². The first-order valence-electron chi connectivity index (χ1n) is 11.8. The number of aromatic hydroxyl groups is 1. The van der Waals surface area contributed by atoms with E-state index < -0.39 is 0 Å². The van der Waals surface area contributed by atoms with Crippen molar-refractivity contribution in [3.05, 3.63) is 101 Å². The smallest absolute Gasteiger partial charge is 0.271 e. The molecule has 1 aliphatic heterocycles. The van der Waals surface area contributed by atoms with Crippen LogP contribution in [0.25, 0.3) is 10.8 Å². The number of carbonyl (C=O) groups is 2. The van der Waals surface area contributed by atoms with Crippen LogP contribution in [0, 0.1) is 0 Å². The van der Waals surface area contributed by atoms with Gasteiger partial charge in [0.25, 0.3) is 11.8 Å². The number of hydrogen-bond donors (Lipinski definition) is 2. The van der Waals surface area contributed by atoms with E-state index in [1.165, 1.54) is 12.3 Å². The van der Waals surface area contributed by atoms with Crippen molar-refractivity contribution in [1.29, 1.82) is 0 Å². The number of phenolic OH excluding ortho intramolecular Hbond substituents is 1. The summed E-state index contributed by atoms with van der Waals surface area (Å²) in [5.74, 6) is 0.188. The second kappa shape index (κ2) is 9.92. The highest BCUT2D eigenvalue weighted by Crippen LogP contribution is 2.38. The first-order valence-corrected chi connectivity index (χ1v) is 11.8. The summed E-state index contributed by atoms with van der Waals surface area (Å²) >= 11 is 0. The van der Waals surface area contributed by atoms with Crippen molar-refractivity contribution in [3.63, 3.8) is 0 Å². The molecule has 0 spiro atoms. The van der Waals surface area contributed by atoms with E-state index in [2.05, 4.69) is 10.5 Å². The van der Waals surface area contributed by atoms with Gasteiger partial charge in [-0.15, -0.1) is 0 Å². The average molecular weight is 480 g/mol. The number of nitrogens with zero attached hydrogens (tertiary/aromatic N) is 2. The fraction of sp³-hybridized carbons (Fsp3) is 0.138. The van der Waals surface area contributed by atoms with Gasteiger partial charge >= 0.3 is 0 Å². The van der Waals surface area contributed by atoms with Crippen molar-refractivity contribution >= 4 is 34.5 Å². The third kappa shape index (κ3) is 4.51. The molecule has 0 saturated carbocycles. The molecular weight excluding hydrogens is 454 g/mol. The van der Waals surface area contributed by atoms with Gasteiger partial charge in [-0.05, 0) is 53.8 Å². The van der Waals surface area contributed by atoms with E-state index in [9.17, 15) is 14.7 Å². The Morgan fingerprint density at radius 2 is 1.83 bits per heavy atom. The molecule has 4 aromatic carbocycles. The van der Waals surface area contributed by atoms with Crippen molar-refractivity contribution in [2.75, 3.05) is 11.5 Å². The fourth-order valence-electron chi connectivity index (χ4n) is 4.25. The fourth-order valence-corrected chi connectivity index (χ4v) is 4.25. The summed E-state index contributed by atoms with van der Waals surface area (Å²) in [5, 5.41) is 16.1. The Kier molecular flexibility index (Phi) is 6.36. The van der Waals surface area contributed by atoms with E-state index >= 15 is 0 Å². The van der Waals surface area contributed by atoms with E-state index in [4.69, 9.17) is 4.74 Å². The molecule has 2 N–H and O–H groups in total. The number of anilines is 1. The Labute approximate surface area is 208 Å². The molecule has 2 amide bonds. The van der Waals surface area contributed by atoms with Crippen molar-refractivity contribution in [2.45, 2.75) is 19.9 Å². The normalized spacial score (nSPS) is 12.5. The van der Waals surface area contributed by atoms with Gasteiger partial charge in [0, 0.05) is 28.1 Å². The van der Waals surface area contributed by atoms with E-state index in [0.29, 0.717) is 35.6 Å². The van der Waals surface area contributed by atoms with Gasteiger partial charge in [0.2, 0.25) is 0 Å². The lowest BCUT2D eigenvalue weighted by Gasteiger charge is -2.18. The molecule has 0 fully saturated rings. The molecule has 0 radical (unpaired) electrons. The standard InChI is InChI=1S/C29H25N3O4/c1-2-15-36-23-14-13-22(26(33)16-23)17-30-31-28(34)21-11-9-19(10-12-21)18-32-25-8-4-6-20-5-3-7-24(27(20)25)29(32)35/h3-14,16-17,33H,2,15,18H2,1H3,(H,31,34). The van der Waals surface area contributed by atoms with Crippen molar-refractivity contribution < 1.29 is 19.4 Å². The van der Waals surface area contributed by atoms with E-state index in [0.717, 1.165) is 28.4 Å². The van der Waals surface area contributed by atoms with E-state index in [1.807, 2.05) is 55.5 Å². The van der Waals surface area contributed by atoms with Crippen LogP contribution in [0.2, 0.25) is 0 Å². The van der Waals surface area contributed by atoms with Crippen LogP contribution in [0.4, 0.5) is 5.69 Å². The van der Waals surface area contributed by atoms with Crippen LogP contribution < -0.4 is 15.1 Å². The summed E-state index contributed by atoms with van der Waals surface area (Å²) < 4.78 is 5.48. The third-order valence-electron chi connectivity index (χ3n) is 6.05. The molecule has 7 nitrogen and oxygen atoms in total. The Morgan fingerprint density at radius 1 is 1.06 bits per heavy atom. The number of carbonyl (C=O) groups excluding carboxylic acids is 2. The number of hydrazone groups is 1. The molecule has 0 saturated heterocycles.